The van der Waals surface area contributed by atoms with Gasteiger partial charge in [0, 0.05) is 10.0 Å². The summed E-state index contributed by atoms with van der Waals surface area (Å²) in [6.07, 6.45) is 0. The Kier molecular flexibility index (Phi) is 2.85. The Morgan fingerprint density at radius 2 is 2.17 bits per heavy atom. The monoisotopic (exact) mass is 250 g/mol. The van der Waals surface area contributed by atoms with E-state index >= 15 is 0 Å². The molecule has 1 rings (SSSR count). The average Bonchev–Trinajstić information content (AvgIpc) is 1.96. The van der Waals surface area contributed by atoms with Crippen LogP contribution in [0, 0.1) is 12.7 Å². The summed E-state index contributed by atoms with van der Waals surface area (Å²) in [6, 6.07) is 2.64. The van der Waals surface area contributed by atoms with Crippen molar-refractivity contribution >= 4 is 32.8 Å². The van der Waals surface area contributed by atoms with Gasteiger partial charge in [0.25, 0.3) is 5.24 Å². The quantitative estimate of drug-likeness (QED) is 0.700. The highest BCUT2D eigenvalue weighted by Gasteiger charge is 2.09. The van der Waals surface area contributed by atoms with E-state index in [1.807, 2.05) is 0 Å². The first-order valence-corrected chi connectivity index (χ1v) is 4.35. The molecule has 0 aliphatic heterocycles. The molecule has 4 heteroatoms. The van der Waals surface area contributed by atoms with E-state index in [1.165, 1.54) is 12.1 Å². The molecule has 0 radical (unpaired) electrons. The van der Waals surface area contributed by atoms with E-state index in [9.17, 15) is 9.18 Å². The predicted octanol–water partition coefficient (Wildman–Crippen LogP) is 3.28. The summed E-state index contributed by atoms with van der Waals surface area (Å²) in [7, 11) is 0. The first-order valence-electron chi connectivity index (χ1n) is 3.18. The number of rotatable bonds is 1. The number of carbonyl (C=O) groups excluding carboxylic acids is 1. The van der Waals surface area contributed by atoms with E-state index < -0.39 is 5.24 Å². The molecule has 1 nitrogen and oxygen atoms in total. The highest BCUT2D eigenvalue weighted by Crippen LogP contribution is 2.22. The number of carbonyl (C=O) groups is 1. The van der Waals surface area contributed by atoms with Gasteiger partial charge in [-0.3, -0.25) is 4.79 Å². The Hall–Kier alpha value is -0.410. The molecule has 0 fully saturated rings. The van der Waals surface area contributed by atoms with Gasteiger partial charge in [0.2, 0.25) is 0 Å². The number of hydrogen-bond acceptors (Lipinski definition) is 1. The van der Waals surface area contributed by atoms with Crippen molar-refractivity contribution in [2.45, 2.75) is 6.92 Å². The standard InChI is InChI=1S/C8H5BrClFO/c1-4-2-5(8(10)12)6(9)3-7(4)11/h2-3H,1H3. The van der Waals surface area contributed by atoms with Crippen LogP contribution in [0.2, 0.25) is 0 Å². The van der Waals surface area contributed by atoms with Gasteiger partial charge in [0.1, 0.15) is 5.82 Å². The van der Waals surface area contributed by atoms with Crippen LogP contribution in [0.1, 0.15) is 15.9 Å². The van der Waals surface area contributed by atoms with Crippen LogP contribution in [0.25, 0.3) is 0 Å². The fourth-order valence-corrected chi connectivity index (χ4v) is 1.57. The van der Waals surface area contributed by atoms with Gasteiger partial charge in [-0.15, -0.1) is 0 Å². The van der Waals surface area contributed by atoms with E-state index in [0.29, 0.717) is 10.0 Å². The lowest BCUT2D eigenvalue weighted by molar-refractivity contribution is 0.108. The van der Waals surface area contributed by atoms with Gasteiger partial charge in [-0.05, 0) is 52.2 Å². The van der Waals surface area contributed by atoms with Crippen molar-refractivity contribution in [3.63, 3.8) is 0 Å². The van der Waals surface area contributed by atoms with Gasteiger partial charge in [-0.2, -0.15) is 0 Å². The van der Waals surface area contributed by atoms with Gasteiger partial charge < -0.3 is 0 Å². The molecule has 0 unspecified atom stereocenters. The van der Waals surface area contributed by atoms with E-state index in [4.69, 9.17) is 11.6 Å². The van der Waals surface area contributed by atoms with Crippen molar-refractivity contribution < 1.29 is 9.18 Å². The second kappa shape index (κ2) is 3.54. The molecule has 1 aromatic rings. The summed E-state index contributed by atoms with van der Waals surface area (Å²) < 4.78 is 13.2. The van der Waals surface area contributed by atoms with Gasteiger partial charge in [-0.1, -0.05) is 0 Å². The first kappa shape index (κ1) is 9.68. The minimum absolute atomic E-state index is 0.288. The molecule has 0 N–H and O–H groups in total. The third kappa shape index (κ3) is 1.84. The predicted molar refractivity (Wildman–Crippen MR) is 49.0 cm³/mol. The maximum Gasteiger partial charge on any atom is 0.253 e. The van der Waals surface area contributed by atoms with Gasteiger partial charge >= 0.3 is 0 Å². The van der Waals surface area contributed by atoms with E-state index in [1.54, 1.807) is 6.92 Å². The Labute approximate surface area is 82.7 Å². The topological polar surface area (TPSA) is 17.1 Å². The Bertz CT molecular complexity index is 338. The summed E-state index contributed by atoms with van der Waals surface area (Å²) >= 11 is 8.28. The van der Waals surface area contributed by atoms with Crippen LogP contribution in [0.15, 0.2) is 16.6 Å². The van der Waals surface area contributed by atoms with E-state index in [-0.39, 0.29) is 11.4 Å². The van der Waals surface area contributed by atoms with E-state index in [2.05, 4.69) is 15.9 Å². The normalized spacial score (nSPS) is 10.0. The van der Waals surface area contributed by atoms with Crippen molar-refractivity contribution in [2.75, 3.05) is 0 Å². The van der Waals surface area contributed by atoms with Crippen LogP contribution in [0.4, 0.5) is 4.39 Å². The molecule has 0 aromatic heterocycles. The van der Waals surface area contributed by atoms with Crippen LogP contribution in [0.5, 0.6) is 0 Å². The van der Waals surface area contributed by atoms with Crippen molar-refractivity contribution in [3.05, 3.63) is 33.5 Å². The molecule has 0 atom stereocenters. The molecular weight excluding hydrogens is 246 g/mol. The lowest BCUT2D eigenvalue weighted by atomic mass is 10.1. The number of aryl methyl sites for hydroxylation is 1. The van der Waals surface area contributed by atoms with Crippen LogP contribution in [0.3, 0.4) is 0 Å². The van der Waals surface area contributed by atoms with Gasteiger partial charge in [0.15, 0.2) is 0 Å². The van der Waals surface area contributed by atoms with Crippen LogP contribution < -0.4 is 0 Å². The first-order chi connectivity index (χ1) is 5.52. The maximum atomic E-state index is 12.8. The van der Waals surface area contributed by atoms with Crippen molar-refractivity contribution in [3.8, 4) is 0 Å². The summed E-state index contributed by atoms with van der Waals surface area (Å²) in [5.74, 6) is -0.358. The minimum atomic E-state index is -0.593. The van der Waals surface area contributed by atoms with Gasteiger partial charge in [0.05, 0.1) is 0 Å². The fraction of sp³-hybridized carbons (Fsp3) is 0.125. The number of halogens is 3. The summed E-state index contributed by atoms with van der Waals surface area (Å²) in [4.78, 5) is 10.7. The molecule has 64 valence electrons. The van der Waals surface area contributed by atoms with Crippen LogP contribution >= 0.6 is 27.5 Å². The molecule has 1 aromatic carbocycles. The lowest BCUT2D eigenvalue weighted by Gasteiger charge is -2.01. The largest absolute Gasteiger partial charge is 0.276 e. The van der Waals surface area contributed by atoms with Gasteiger partial charge in [-0.25, -0.2) is 4.39 Å². The molecular formula is C8H5BrClFO. The smallest absolute Gasteiger partial charge is 0.253 e. The molecule has 0 amide bonds. The minimum Gasteiger partial charge on any atom is -0.276 e. The second-order valence-electron chi connectivity index (χ2n) is 2.35. The molecule has 0 spiro atoms. The maximum absolute atomic E-state index is 12.8. The highest BCUT2D eigenvalue weighted by atomic mass is 79.9. The van der Waals surface area contributed by atoms with Crippen molar-refractivity contribution in [1.29, 1.82) is 0 Å². The molecule has 0 saturated heterocycles. The number of benzene rings is 1. The molecule has 0 aliphatic carbocycles. The summed E-state index contributed by atoms with van der Waals surface area (Å²) in [6.45, 7) is 1.57. The van der Waals surface area contributed by atoms with Crippen LogP contribution in [-0.4, -0.2) is 5.24 Å². The summed E-state index contributed by atoms with van der Waals surface area (Å²) in [5.41, 5.74) is 0.692. The Balaban J connectivity index is 3.33. The third-order valence-corrected chi connectivity index (χ3v) is 2.32. The summed E-state index contributed by atoms with van der Waals surface area (Å²) in [5, 5.41) is -0.593. The Morgan fingerprint density at radius 3 is 2.67 bits per heavy atom. The van der Waals surface area contributed by atoms with Crippen molar-refractivity contribution in [1.82, 2.24) is 0 Å². The third-order valence-electron chi connectivity index (χ3n) is 1.46. The average molecular weight is 251 g/mol. The lowest BCUT2D eigenvalue weighted by Crippen LogP contribution is -1.94. The zero-order valence-corrected chi connectivity index (χ0v) is 8.54. The van der Waals surface area contributed by atoms with Crippen molar-refractivity contribution in [2.24, 2.45) is 0 Å². The van der Waals surface area contributed by atoms with Crippen LogP contribution in [-0.2, 0) is 0 Å². The highest BCUT2D eigenvalue weighted by molar-refractivity contribution is 9.10. The SMILES string of the molecule is Cc1cc(C(=O)Cl)c(Br)cc1F. The fourth-order valence-electron chi connectivity index (χ4n) is 0.808. The molecule has 0 aliphatic rings. The molecule has 0 bridgehead atoms. The zero-order chi connectivity index (χ0) is 9.30. The zero-order valence-electron chi connectivity index (χ0n) is 6.20. The number of hydrogen-bond donors (Lipinski definition) is 0. The second-order valence-corrected chi connectivity index (χ2v) is 3.55. The Morgan fingerprint density at radius 1 is 1.58 bits per heavy atom. The van der Waals surface area contributed by atoms with E-state index in [0.717, 1.165) is 0 Å². The molecule has 0 saturated carbocycles. The molecule has 0 heterocycles. The molecule has 12 heavy (non-hydrogen) atoms.